The van der Waals surface area contributed by atoms with Crippen LogP contribution in [0.1, 0.15) is 34.7 Å². The zero-order valence-corrected chi connectivity index (χ0v) is 20.3. The number of benzene rings is 3. The number of halogens is 3. The predicted octanol–water partition coefficient (Wildman–Crippen LogP) is 5.65. The van der Waals surface area contributed by atoms with Gasteiger partial charge in [0, 0.05) is 25.2 Å². The summed E-state index contributed by atoms with van der Waals surface area (Å²) in [7, 11) is 1.21. The van der Waals surface area contributed by atoms with E-state index in [9.17, 15) is 32.9 Å². The van der Waals surface area contributed by atoms with Crippen LogP contribution in [0.2, 0.25) is 0 Å². The topological polar surface area (TPSA) is 102 Å². The molecule has 0 bridgehead atoms. The Balaban J connectivity index is 1.53. The van der Waals surface area contributed by atoms with Crippen LogP contribution in [0.4, 0.5) is 23.7 Å². The number of hydrogen-bond acceptors (Lipinski definition) is 5. The molecule has 0 fully saturated rings. The smallest absolute Gasteiger partial charge is 0.416 e. The van der Waals surface area contributed by atoms with Crippen LogP contribution in [0.5, 0.6) is 0 Å². The summed E-state index contributed by atoms with van der Waals surface area (Å²) in [4.78, 5) is 37.4. The van der Waals surface area contributed by atoms with Gasteiger partial charge >= 0.3 is 18.2 Å². The standard InChI is InChI=1S/C27H24F3N3O5/c1-38-25(34)15-24(18-4-2-6-21(14-18)33(36)37)31-26(35)32-13-12-23-19(16-32)5-3-7-22(23)17-8-10-20(11-9-17)27(28,29)30/h2-11,14,24H,12-13,15-16H2,1H3,(H,31,35)/t24-/m0/s1. The van der Waals surface area contributed by atoms with Crippen molar-refractivity contribution >= 4 is 17.7 Å². The lowest BCUT2D eigenvalue weighted by Gasteiger charge is -2.32. The second kappa shape index (κ2) is 10.9. The molecule has 1 aliphatic rings. The van der Waals surface area contributed by atoms with Crippen molar-refractivity contribution in [2.24, 2.45) is 0 Å². The fourth-order valence-electron chi connectivity index (χ4n) is 4.49. The minimum Gasteiger partial charge on any atom is -0.469 e. The van der Waals surface area contributed by atoms with Gasteiger partial charge in [0.25, 0.3) is 5.69 Å². The summed E-state index contributed by atoms with van der Waals surface area (Å²) in [6, 6.07) is 14.8. The molecule has 198 valence electrons. The number of esters is 1. The summed E-state index contributed by atoms with van der Waals surface area (Å²) in [5.74, 6) is -0.591. The van der Waals surface area contributed by atoms with E-state index in [0.717, 1.165) is 28.8 Å². The van der Waals surface area contributed by atoms with Crippen LogP contribution in [0, 0.1) is 10.1 Å². The molecule has 1 heterocycles. The van der Waals surface area contributed by atoms with Crippen LogP contribution in [-0.2, 0) is 28.7 Å². The van der Waals surface area contributed by atoms with Crippen molar-refractivity contribution in [1.29, 1.82) is 0 Å². The quantitative estimate of drug-likeness (QED) is 0.254. The van der Waals surface area contributed by atoms with Gasteiger partial charge in [-0.25, -0.2) is 4.79 Å². The lowest BCUT2D eigenvalue weighted by Crippen LogP contribution is -2.44. The van der Waals surface area contributed by atoms with E-state index in [1.54, 1.807) is 17.0 Å². The van der Waals surface area contributed by atoms with E-state index in [-0.39, 0.29) is 18.7 Å². The summed E-state index contributed by atoms with van der Waals surface area (Å²) < 4.78 is 43.6. The van der Waals surface area contributed by atoms with Gasteiger partial charge in [-0.15, -0.1) is 0 Å². The van der Waals surface area contributed by atoms with E-state index < -0.39 is 34.7 Å². The number of nitrogens with zero attached hydrogens (tertiary/aromatic N) is 2. The number of rotatable bonds is 6. The Morgan fingerprint density at radius 2 is 1.82 bits per heavy atom. The average molecular weight is 527 g/mol. The van der Waals surface area contributed by atoms with E-state index in [0.29, 0.717) is 24.1 Å². The SMILES string of the molecule is COC(=O)C[C@H](NC(=O)N1CCc2c(cccc2-c2ccc(C(F)(F)F)cc2)C1)c1cccc([N+](=O)[O-])c1. The van der Waals surface area contributed by atoms with E-state index in [1.807, 2.05) is 12.1 Å². The molecule has 38 heavy (non-hydrogen) atoms. The number of methoxy groups -OCH3 is 1. The Kier molecular flexibility index (Phi) is 7.65. The van der Waals surface area contributed by atoms with Crippen molar-refractivity contribution in [3.63, 3.8) is 0 Å². The molecule has 0 aliphatic carbocycles. The number of ether oxygens (including phenoxy) is 1. The molecule has 1 N–H and O–H groups in total. The lowest BCUT2D eigenvalue weighted by atomic mass is 9.90. The molecule has 11 heteroatoms. The van der Waals surface area contributed by atoms with Crippen LogP contribution in [0.3, 0.4) is 0 Å². The summed E-state index contributed by atoms with van der Waals surface area (Å²) >= 11 is 0. The molecular weight excluding hydrogens is 503 g/mol. The Labute approximate surface area is 216 Å². The largest absolute Gasteiger partial charge is 0.469 e. The first-order valence-corrected chi connectivity index (χ1v) is 11.7. The van der Waals surface area contributed by atoms with Gasteiger partial charge in [-0.2, -0.15) is 13.2 Å². The van der Waals surface area contributed by atoms with Gasteiger partial charge in [0.05, 0.1) is 30.1 Å². The number of carbonyl (C=O) groups excluding carboxylic acids is 2. The summed E-state index contributed by atoms with van der Waals surface area (Å²) in [5.41, 5.74) is 2.74. The number of non-ortho nitro benzene ring substituents is 1. The van der Waals surface area contributed by atoms with Gasteiger partial charge in [-0.05, 0) is 46.4 Å². The van der Waals surface area contributed by atoms with Crippen LogP contribution in [-0.4, -0.2) is 35.5 Å². The summed E-state index contributed by atoms with van der Waals surface area (Å²) in [6.45, 7) is 0.575. The van der Waals surface area contributed by atoms with Crippen molar-refractivity contribution in [3.05, 3.63) is 99.1 Å². The van der Waals surface area contributed by atoms with E-state index in [2.05, 4.69) is 5.32 Å². The third-order valence-corrected chi connectivity index (χ3v) is 6.46. The Hall–Kier alpha value is -4.41. The maximum Gasteiger partial charge on any atom is 0.416 e. The monoisotopic (exact) mass is 527 g/mol. The predicted molar refractivity (Wildman–Crippen MR) is 132 cm³/mol. The highest BCUT2D eigenvalue weighted by Gasteiger charge is 2.30. The molecule has 3 aromatic carbocycles. The van der Waals surface area contributed by atoms with E-state index >= 15 is 0 Å². The number of alkyl halides is 3. The van der Waals surface area contributed by atoms with Gasteiger partial charge in [0.2, 0.25) is 0 Å². The van der Waals surface area contributed by atoms with Crippen molar-refractivity contribution in [2.75, 3.05) is 13.7 Å². The van der Waals surface area contributed by atoms with Crippen molar-refractivity contribution in [1.82, 2.24) is 10.2 Å². The molecule has 0 radical (unpaired) electrons. The molecule has 0 spiro atoms. The normalized spacial score (nSPS) is 13.8. The third-order valence-electron chi connectivity index (χ3n) is 6.46. The van der Waals surface area contributed by atoms with Crippen LogP contribution in [0.15, 0.2) is 66.7 Å². The summed E-state index contributed by atoms with van der Waals surface area (Å²) in [6.07, 6.45) is -4.16. The average Bonchev–Trinajstić information content (AvgIpc) is 2.91. The minimum atomic E-state index is -4.42. The zero-order chi connectivity index (χ0) is 27.4. The Morgan fingerprint density at radius 3 is 2.47 bits per heavy atom. The molecule has 0 saturated carbocycles. The van der Waals surface area contributed by atoms with Gasteiger partial charge in [-0.3, -0.25) is 14.9 Å². The maximum atomic E-state index is 13.2. The first-order chi connectivity index (χ1) is 18.1. The molecule has 1 atom stereocenters. The van der Waals surface area contributed by atoms with Gasteiger partial charge in [-0.1, -0.05) is 42.5 Å². The van der Waals surface area contributed by atoms with Crippen LogP contribution < -0.4 is 5.32 Å². The number of hydrogen-bond donors (Lipinski definition) is 1. The van der Waals surface area contributed by atoms with Gasteiger partial charge in [0.15, 0.2) is 0 Å². The number of nitrogens with one attached hydrogen (secondary N) is 1. The highest BCUT2D eigenvalue weighted by atomic mass is 19.4. The molecule has 4 rings (SSSR count). The molecule has 0 aromatic heterocycles. The molecule has 8 nitrogen and oxygen atoms in total. The Morgan fingerprint density at radius 1 is 1.11 bits per heavy atom. The third kappa shape index (κ3) is 5.93. The maximum absolute atomic E-state index is 13.2. The number of urea groups is 1. The molecule has 2 amide bonds. The highest BCUT2D eigenvalue weighted by Crippen LogP contribution is 2.34. The first-order valence-electron chi connectivity index (χ1n) is 11.7. The van der Waals surface area contributed by atoms with Gasteiger partial charge in [0.1, 0.15) is 0 Å². The molecular formula is C27H24F3N3O5. The number of fused-ring (bicyclic) bond motifs is 1. The highest BCUT2D eigenvalue weighted by molar-refractivity contribution is 5.78. The Bertz CT molecular complexity index is 1360. The second-order valence-corrected chi connectivity index (χ2v) is 8.82. The number of nitro groups is 1. The van der Waals surface area contributed by atoms with Crippen molar-refractivity contribution in [2.45, 2.75) is 31.6 Å². The number of carbonyl (C=O) groups is 2. The lowest BCUT2D eigenvalue weighted by molar-refractivity contribution is -0.384. The zero-order valence-electron chi connectivity index (χ0n) is 20.3. The fourth-order valence-corrected chi connectivity index (χ4v) is 4.49. The minimum absolute atomic E-state index is 0.172. The van der Waals surface area contributed by atoms with Crippen molar-refractivity contribution in [3.8, 4) is 11.1 Å². The van der Waals surface area contributed by atoms with Crippen LogP contribution in [0.25, 0.3) is 11.1 Å². The molecule has 0 unspecified atom stereocenters. The molecule has 3 aromatic rings. The van der Waals surface area contributed by atoms with E-state index in [4.69, 9.17) is 4.74 Å². The van der Waals surface area contributed by atoms with E-state index in [1.165, 1.54) is 37.4 Å². The molecule has 0 saturated heterocycles. The fraction of sp³-hybridized carbons (Fsp3) is 0.259. The number of nitro benzene ring substituents is 1. The summed E-state index contributed by atoms with van der Waals surface area (Å²) in [5, 5.41) is 14.0. The first kappa shape index (κ1) is 26.6. The molecule has 1 aliphatic heterocycles. The van der Waals surface area contributed by atoms with Gasteiger partial charge < -0.3 is 15.0 Å². The van der Waals surface area contributed by atoms with Crippen molar-refractivity contribution < 1.29 is 32.4 Å². The number of amides is 2. The second-order valence-electron chi connectivity index (χ2n) is 8.82. The van der Waals surface area contributed by atoms with Crippen LogP contribution >= 0.6 is 0 Å².